The fraction of sp³-hybridized carbons (Fsp3) is 0.278. The summed E-state index contributed by atoms with van der Waals surface area (Å²) >= 11 is 0. The second kappa shape index (κ2) is 3.88. The molecule has 21 heavy (non-hydrogen) atoms. The predicted molar refractivity (Wildman–Crippen MR) is 83.1 cm³/mol. The summed E-state index contributed by atoms with van der Waals surface area (Å²) < 4.78 is 11.7. The Balaban J connectivity index is 2.19. The smallest absolute Gasteiger partial charge is 0.293 e. The molecule has 1 atom stereocenters. The molecule has 0 amide bonds. The molecule has 0 bridgehead atoms. The predicted octanol–water partition coefficient (Wildman–Crippen LogP) is 4.22. The molecule has 0 saturated carbocycles. The van der Waals surface area contributed by atoms with Gasteiger partial charge in [0, 0.05) is 5.92 Å². The Morgan fingerprint density at radius 2 is 1.86 bits per heavy atom. The summed E-state index contributed by atoms with van der Waals surface area (Å²) in [7, 11) is 0. The lowest BCUT2D eigenvalue weighted by Gasteiger charge is -2.21. The fourth-order valence-corrected chi connectivity index (χ4v) is 3.08. The molecule has 0 fully saturated rings. The largest absolute Gasteiger partial charge is 0.458 e. The average Bonchev–Trinajstić information content (AvgIpc) is 2.68. The van der Waals surface area contributed by atoms with Crippen molar-refractivity contribution in [1.29, 1.82) is 0 Å². The van der Waals surface area contributed by atoms with Crippen LogP contribution in [0, 0.1) is 0 Å². The first-order valence-electron chi connectivity index (χ1n) is 7.16. The standard InChI is InChI=1S/C18H16O3/c1-10-14-16(19)15-12-7-5-4-6-11(12)8-9-13(15)20-17(14)21-18(10,2)3/h4-10H,1-3H3. The third kappa shape index (κ3) is 1.57. The van der Waals surface area contributed by atoms with E-state index in [2.05, 4.69) is 0 Å². The molecule has 4 rings (SSSR count). The molecule has 0 N–H and O–H groups in total. The molecule has 3 aromatic rings. The van der Waals surface area contributed by atoms with E-state index in [4.69, 9.17) is 9.15 Å². The van der Waals surface area contributed by atoms with Crippen LogP contribution in [0.3, 0.4) is 0 Å². The Morgan fingerprint density at radius 1 is 1.10 bits per heavy atom. The highest BCUT2D eigenvalue weighted by Crippen LogP contribution is 2.44. The van der Waals surface area contributed by atoms with Crippen LogP contribution in [0.1, 0.15) is 32.3 Å². The number of benzene rings is 2. The van der Waals surface area contributed by atoms with Gasteiger partial charge in [0.2, 0.25) is 5.43 Å². The van der Waals surface area contributed by atoms with Gasteiger partial charge in [0.25, 0.3) is 5.95 Å². The molecule has 0 saturated heterocycles. The Kier molecular flexibility index (Phi) is 2.30. The molecule has 0 aliphatic carbocycles. The molecule has 1 aromatic heterocycles. The first-order valence-corrected chi connectivity index (χ1v) is 7.16. The van der Waals surface area contributed by atoms with Crippen molar-refractivity contribution < 1.29 is 9.15 Å². The lowest BCUT2D eigenvalue weighted by Crippen LogP contribution is -2.29. The molecule has 3 nitrogen and oxygen atoms in total. The third-order valence-electron chi connectivity index (χ3n) is 4.62. The van der Waals surface area contributed by atoms with Gasteiger partial charge in [-0.15, -0.1) is 0 Å². The highest BCUT2D eigenvalue weighted by molar-refractivity contribution is 6.05. The molecule has 1 aliphatic heterocycles. The van der Waals surface area contributed by atoms with E-state index in [0.717, 1.165) is 10.8 Å². The first kappa shape index (κ1) is 12.5. The van der Waals surface area contributed by atoms with Crippen LogP contribution >= 0.6 is 0 Å². The van der Waals surface area contributed by atoms with Crippen LogP contribution in [0.25, 0.3) is 21.7 Å². The maximum Gasteiger partial charge on any atom is 0.293 e. The molecule has 106 valence electrons. The second-order valence-electron chi connectivity index (χ2n) is 6.22. The molecule has 1 aliphatic rings. The van der Waals surface area contributed by atoms with Gasteiger partial charge in [-0.3, -0.25) is 4.79 Å². The van der Waals surface area contributed by atoms with Gasteiger partial charge >= 0.3 is 0 Å². The van der Waals surface area contributed by atoms with E-state index >= 15 is 0 Å². The zero-order valence-corrected chi connectivity index (χ0v) is 12.3. The minimum Gasteiger partial charge on any atom is -0.458 e. The summed E-state index contributed by atoms with van der Waals surface area (Å²) in [5.74, 6) is 0.382. The zero-order valence-electron chi connectivity index (χ0n) is 12.3. The molecule has 1 unspecified atom stereocenters. The summed E-state index contributed by atoms with van der Waals surface area (Å²) in [6.45, 7) is 5.98. The van der Waals surface area contributed by atoms with Gasteiger partial charge < -0.3 is 9.15 Å². The van der Waals surface area contributed by atoms with Crippen LogP contribution in [0.4, 0.5) is 0 Å². The van der Waals surface area contributed by atoms with E-state index in [0.29, 0.717) is 22.5 Å². The summed E-state index contributed by atoms with van der Waals surface area (Å²) in [4.78, 5) is 13.0. The van der Waals surface area contributed by atoms with Crippen molar-refractivity contribution in [3.63, 3.8) is 0 Å². The lowest BCUT2D eigenvalue weighted by atomic mass is 9.88. The molecule has 0 spiro atoms. The third-order valence-corrected chi connectivity index (χ3v) is 4.62. The number of ether oxygens (including phenoxy) is 1. The van der Waals surface area contributed by atoms with Crippen molar-refractivity contribution in [3.8, 4) is 5.95 Å². The highest BCUT2D eigenvalue weighted by atomic mass is 16.6. The maximum atomic E-state index is 13.0. The van der Waals surface area contributed by atoms with Crippen molar-refractivity contribution in [3.05, 3.63) is 52.2 Å². The van der Waals surface area contributed by atoms with Crippen LogP contribution < -0.4 is 10.2 Å². The van der Waals surface area contributed by atoms with Gasteiger partial charge in [-0.05, 0) is 30.7 Å². The topological polar surface area (TPSA) is 39.4 Å². The van der Waals surface area contributed by atoms with E-state index in [-0.39, 0.29) is 11.3 Å². The summed E-state index contributed by atoms with van der Waals surface area (Å²) in [6, 6.07) is 11.7. The van der Waals surface area contributed by atoms with Gasteiger partial charge in [-0.1, -0.05) is 37.3 Å². The average molecular weight is 280 g/mol. The summed E-state index contributed by atoms with van der Waals surface area (Å²) in [5.41, 5.74) is 0.852. The minimum absolute atomic E-state index is 0.00659. The van der Waals surface area contributed by atoms with Crippen LogP contribution in [-0.2, 0) is 0 Å². The SMILES string of the molecule is CC1c2c(oc3ccc4ccccc4c3c2=O)OC1(C)C. The van der Waals surface area contributed by atoms with Gasteiger partial charge in [-0.25, -0.2) is 0 Å². The number of hydrogen-bond acceptors (Lipinski definition) is 3. The van der Waals surface area contributed by atoms with E-state index in [1.165, 1.54) is 0 Å². The van der Waals surface area contributed by atoms with E-state index in [9.17, 15) is 4.79 Å². The normalized spacial score (nSPS) is 19.7. The summed E-state index contributed by atoms with van der Waals surface area (Å²) in [6.07, 6.45) is 0. The maximum absolute atomic E-state index is 13.0. The van der Waals surface area contributed by atoms with Crippen LogP contribution in [0.5, 0.6) is 5.95 Å². The van der Waals surface area contributed by atoms with Gasteiger partial charge in [-0.2, -0.15) is 0 Å². The minimum atomic E-state index is -0.418. The quantitative estimate of drug-likeness (QED) is 0.579. The van der Waals surface area contributed by atoms with E-state index < -0.39 is 5.60 Å². The van der Waals surface area contributed by atoms with E-state index in [1.54, 1.807) is 0 Å². The molecule has 2 aromatic carbocycles. The lowest BCUT2D eigenvalue weighted by molar-refractivity contribution is 0.0906. The molecule has 3 heteroatoms. The molecular formula is C18H16O3. The van der Waals surface area contributed by atoms with Crippen LogP contribution in [0.15, 0.2) is 45.6 Å². The molecule has 0 radical (unpaired) electrons. The van der Waals surface area contributed by atoms with Crippen molar-refractivity contribution in [2.75, 3.05) is 0 Å². The van der Waals surface area contributed by atoms with Crippen molar-refractivity contribution in [1.82, 2.24) is 0 Å². The molecular weight excluding hydrogens is 264 g/mol. The Bertz CT molecular complexity index is 934. The summed E-state index contributed by atoms with van der Waals surface area (Å²) in [5, 5.41) is 2.63. The number of hydrogen-bond donors (Lipinski definition) is 0. The highest BCUT2D eigenvalue weighted by Gasteiger charge is 2.42. The number of rotatable bonds is 0. The van der Waals surface area contributed by atoms with E-state index in [1.807, 2.05) is 57.2 Å². The van der Waals surface area contributed by atoms with Gasteiger partial charge in [0.1, 0.15) is 11.2 Å². The Labute approximate surface area is 122 Å². The monoisotopic (exact) mass is 280 g/mol. The Hall–Kier alpha value is -2.29. The fourth-order valence-electron chi connectivity index (χ4n) is 3.08. The number of fused-ring (bicyclic) bond motifs is 4. The van der Waals surface area contributed by atoms with Crippen molar-refractivity contribution >= 4 is 21.7 Å². The first-order chi connectivity index (χ1) is 9.99. The van der Waals surface area contributed by atoms with Crippen LogP contribution in [-0.4, -0.2) is 5.60 Å². The Morgan fingerprint density at radius 3 is 2.67 bits per heavy atom. The van der Waals surface area contributed by atoms with Gasteiger partial charge in [0.05, 0.1) is 10.9 Å². The second-order valence-corrected chi connectivity index (χ2v) is 6.22. The zero-order chi connectivity index (χ0) is 14.8. The molecule has 2 heterocycles. The van der Waals surface area contributed by atoms with Crippen molar-refractivity contribution in [2.24, 2.45) is 0 Å². The van der Waals surface area contributed by atoms with Gasteiger partial charge in [0.15, 0.2) is 0 Å². The van der Waals surface area contributed by atoms with Crippen LogP contribution in [0.2, 0.25) is 0 Å². The van der Waals surface area contributed by atoms with Crippen molar-refractivity contribution in [2.45, 2.75) is 32.3 Å².